The molecule has 0 aromatic heterocycles. The van der Waals surface area contributed by atoms with Gasteiger partial charge in [-0.2, -0.15) is 12.6 Å². The van der Waals surface area contributed by atoms with Crippen LogP contribution in [-0.2, 0) is 13.4 Å². The fourth-order valence-corrected chi connectivity index (χ4v) is 6.75. The van der Waals surface area contributed by atoms with E-state index in [-0.39, 0.29) is 0 Å². The maximum Gasteiger partial charge on any atom is 0.517 e. The molecule has 1 aliphatic heterocycles. The lowest BCUT2D eigenvalue weighted by Gasteiger charge is -2.33. The molecule has 0 aromatic rings. The third-order valence-corrected chi connectivity index (χ3v) is 8.90. The van der Waals surface area contributed by atoms with E-state index in [1.165, 1.54) is 77.0 Å². The summed E-state index contributed by atoms with van der Waals surface area (Å²) in [5.74, 6) is 1.50. The largest absolute Gasteiger partial charge is 0.517 e. The Kier molecular flexibility index (Phi) is 18.1. The number of rotatable bonds is 18. The van der Waals surface area contributed by atoms with Gasteiger partial charge in [-0.25, -0.2) is 5.48 Å². The normalized spacial score (nSPS) is 23.1. The number of hydroxylamine groups is 1. The second kappa shape index (κ2) is 19.1. The van der Waals surface area contributed by atoms with E-state index in [2.05, 4.69) is 32.0 Å². The first-order valence-corrected chi connectivity index (χ1v) is 15.1. The van der Waals surface area contributed by atoms with Gasteiger partial charge in [0.15, 0.2) is 0 Å². The van der Waals surface area contributed by atoms with E-state index in [9.17, 15) is 0 Å². The van der Waals surface area contributed by atoms with Crippen LogP contribution in [0.3, 0.4) is 0 Å². The lowest BCUT2D eigenvalue weighted by atomic mass is 9.99. The van der Waals surface area contributed by atoms with Crippen molar-refractivity contribution in [3.63, 3.8) is 0 Å². The van der Waals surface area contributed by atoms with Crippen LogP contribution < -0.4 is 5.48 Å². The Hall–Kier alpha value is 0.407. The fourth-order valence-electron chi connectivity index (χ4n) is 3.90. The summed E-state index contributed by atoms with van der Waals surface area (Å²) in [6.07, 6.45) is 19.3. The van der Waals surface area contributed by atoms with Gasteiger partial charge >= 0.3 is 8.80 Å². The molecule has 0 aromatic carbocycles. The van der Waals surface area contributed by atoms with Crippen LogP contribution in [0.25, 0.3) is 0 Å². The van der Waals surface area contributed by atoms with Gasteiger partial charge < -0.3 is 8.85 Å². The Morgan fingerprint density at radius 2 is 1.55 bits per heavy atom. The summed E-state index contributed by atoms with van der Waals surface area (Å²) < 4.78 is 18.7. The van der Waals surface area contributed by atoms with Crippen LogP contribution in [0.15, 0.2) is 0 Å². The average molecular weight is 448 g/mol. The summed E-state index contributed by atoms with van der Waals surface area (Å²) in [7, 11) is -2.60. The van der Waals surface area contributed by atoms with Gasteiger partial charge in [0.05, 0.1) is 0 Å². The number of hydrogen-bond donors (Lipinski definition) is 2. The van der Waals surface area contributed by atoms with E-state index in [1.807, 2.05) is 0 Å². The molecule has 2 atom stereocenters. The molecule has 2 unspecified atom stereocenters. The highest BCUT2D eigenvalue weighted by Gasteiger charge is 2.42. The Labute approximate surface area is 188 Å². The van der Waals surface area contributed by atoms with Crippen LogP contribution in [0.4, 0.5) is 0 Å². The van der Waals surface area contributed by atoms with E-state index < -0.39 is 8.80 Å². The van der Waals surface area contributed by atoms with Crippen molar-refractivity contribution in [3.8, 4) is 0 Å². The highest BCUT2D eigenvalue weighted by atomic mass is 32.1. The summed E-state index contributed by atoms with van der Waals surface area (Å²) >= 11 is 4.38. The highest BCUT2D eigenvalue weighted by Crippen LogP contribution is 2.23. The lowest BCUT2D eigenvalue weighted by Crippen LogP contribution is -2.52. The van der Waals surface area contributed by atoms with Gasteiger partial charge in [0, 0.05) is 25.8 Å². The summed E-state index contributed by atoms with van der Waals surface area (Å²) in [6, 6.07) is 0.862. The number of unbranched alkanes of at least 4 members (excludes halogenated alkanes) is 10. The summed E-state index contributed by atoms with van der Waals surface area (Å²) in [5.41, 5.74) is 3.22. The maximum atomic E-state index is 6.29. The molecular weight excluding hydrogens is 398 g/mol. The Morgan fingerprint density at radius 3 is 2.21 bits per heavy atom. The van der Waals surface area contributed by atoms with E-state index in [0.717, 1.165) is 50.8 Å². The third kappa shape index (κ3) is 14.2. The standard InChI is InChI=1S/C23H49NO3SSi/c1-3-5-7-8-9-10-11-12-13-14-18-25-29(21-15-20-28)26-19-17-23(16-6-4-2)22-24-27-29/h23-24,28H,3-22H2,1-2H3. The van der Waals surface area contributed by atoms with Gasteiger partial charge in [0.25, 0.3) is 0 Å². The SMILES string of the molecule is CCCCCCCCCCCCO[Si]1(CCCS)OCCC(CCCC)CNO1. The molecule has 29 heavy (non-hydrogen) atoms. The average Bonchev–Trinajstić information content (AvgIpc) is 2.72. The number of thiol groups is 1. The molecule has 0 spiro atoms. The molecule has 1 N–H and O–H groups in total. The summed E-state index contributed by atoms with van der Waals surface area (Å²) in [4.78, 5) is 0. The second-order valence-corrected chi connectivity index (χ2v) is 11.7. The molecule has 1 aliphatic rings. The van der Waals surface area contributed by atoms with Crippen molar-refractivity contribution in [1.29, 1.82) is 0 Å². The van der Waals surface area contributed by atoms with Gasteiger partial charge in [-0.05, 0) is 37.4 Å². The van der Waals surface area contributed by atoms with Crippen LogP contribution in [-0.4, -0.2) is 34.3 Å². The zero-order chi connectivity index (χ0) is 21.0. The van der Waals surface area contributed by atoms with Crippen molar-refractivity contribution in [3.05, 3.63) is 0 Å². The quantitative estimate of drug-likeness (QED) is 0.136. The van der Waals surface area contributed by atoms with Crippen LogP contribution in [0.5, 0.6) is 0 Å². The van der Waals surface area contributed by atoms with Crippen LogP contribution >= 0.6 is 12.6 Å². The molecule has 0 aliphatic carbocycles. The zero-order valence-corrected chi connectivity index (χ0v) is 21.3. The molecule has 1 heterocycles. The fraction of sp³-hybridized carbons (Fsp3) is 1.00. The topological polar surface area (TPSA) is 39.7 Å². The van der Waals surface area contributed by atoms with Crippen molar-refractivity contribution in [2.24, 2.45) is 5.92 Å². The van der Waals surface area contributed by atoms with Gasteiger partial charge in [0.2, 0.25) is 0 Å². The molecule has 0 amide bonds. The van der Waals surface area contributed by atoms with Gasteiger partial charge in [0.1, 0.15) is 0 Å². The van der Waals surface area contributed by atoms with Crippen molar-refractivity contribution >= 4 is 21.4 Å². The van der Waals surface area contributed by atoms with Gasteiger partial charge in [-0.1, -0.05) is 84.5 Å². The van der Waals surface area contributed by atoms with E-state index in [1.54, 1.807) is 0 Å². The number of nitrogens with one attached hydrogen (secondary N) is 1. The Bertz CT molecular complexity index is 353. The minimum Gasteiger partial charge on any atom is -0.373 e. The first-order chi connectivity index (χ1) is 14.3. The Balaban J connectivity index is 2.20. The summed E-state index contributed by atoms with van der Waals surface area (Å²) in [6.45, 7) is 6.98. The zero-order valence-electron chi connectivity index (χ0n) is 19.4. The molecule has 1 fully saturated rings. The number of hydrogen-bond acceptors (Lipinski definition) is 5. The molecule has 4 nitrogen and oxygen atoms in total. The second-order valence-electron chi connectivity index (χ2n) is 8.64. The molecule has 0 radical (unpaired) electrons. The smallest absolute Gasteiger partial charge is 0.373 e. The summed E-state index contributed by atoms with van der Waals surface area (Å²) in [5, 5.41) is 0. The van der Waals surface area contributed by atoms with Crippen molar-refractivity contribution in [2.75, 3.05) is 25.5 Å². The van der Waals surface area contributed by atoms with E-state index >= 15 is 0 Å². The van der Waals surface area contributed by atoms with Crippen LogP contribution in [0.1, 0.15) is 110 Å². The van der Waals surface area contributed by atoms with E-state index in [0.29, 0.717) is 5.92 Å². The van der Waals surface area contributed by atoms with Crippen molar-refractivity contribution < 1.29 is 13.4 Å². The monoisotopic (exact) mass is 447 g/mol. The minimum atomic E-state index is -2.60. The predicted molar refractivity (Wildman–Crippen MR) is 129 cm³/mol. The van der Waals surface area contributed by atoms with E-state index in [4.69, 9.17) is 13.4 Å². The first-order valence-electron chi connectivity index (χ1n) is 12.6. The first kappa shape index (κ1) is 27.4. The van der Waals surface area contributed by atoms with Crippen molar-refractivity contribution in [2.45, 2.75) is 116 Å². The van der Waals surface area contributed by atoms with Gasteiger partial charge in [-0.3, -0.25) is 4.53 Å². The lowest BCUT2D eigenvalue weighted by molar-refractivity contribution is -0.00437. The third-order valence-electron chi connectivity index (χ3n) is 5.87. The predicted octanol–water partition coefficient (Wildman–Crippen LogP) is 6.93. The maximum absolute atomic E-state index is 6.29. The molecule has 174 valence electrons. The van der Waals surface area contributed by atoms with Gasteiger partial charge in [-0.15, -0.1) is 0 Å². The molecule has 1 rings (SSSR count). The van der Waals surface area contributed by atoms with Crippen LogP contribution in [0.2, 0.25) is 6.04 Å². The van der Waals surface area contributed by atoms with Crippen molar-refractivity contribution in [1.82, 2.24) is 5.48 Å². The molecule has 1 saturated heterocycles. The highest BCUT2D eigenvalue weighted by molar-refractivity contribution is 7.80. The minimum absolute atomic E-state index is 0.647. The molecule has 0 saturated carbocycles. The molecule has 6 heteroatoms. The van der Waals surface area contributed by atoms with Crippen LogP contribution in [0, 0.1) is 5.92 Å². The Morgan fingerprint density at radius 1 is 0.897 bits per heavy atom. The molecule has 0 bridgehead atoms. The molecular formula is C23H49NO3SSi.